The molecular weight excluding hydrogens is 234 g/mol. The van der Waals surface area contributed by atoms with E-state index < -0.39 is 4.92 Å². The van der Waals surface area contributed by atoms with Crippen LogP contribution in [0.25, 0.3) is 0 Å². The van der Waals surface area contributed by atoms with Crippen molar-refractivity contribution >= 4 is 17.3 Å². The van der Waals surface area contributed by atoms with Gasteiger partial charge in [-0.25, -0.2) is 0 Å². The zero-order valence-electron chi connectivity index (χ0n) is 10.3. The van der Waals surface area contributed by atoms with E-state index in [9.17, 15) is 14.9 Å². The van der Waals surface area contributed by atoms with E-state index >= 15 is 0 Å². The van der Waals surface area contributed by atoms with Crippen LogP contribution in [0, 0.1) is 16.0 Å². The molecule has 1 amide bonds. The van der Waals surface area contributed by atoms with Crippen LogP contribution in [0.1, 0.15) is 19.8 Å². The second-order valence-electron chi connectivity index (χ2n) is 4.23. The molecule has 0 heterocycles. The third-order valence-corrected chi connectivity index (χ3v) is 2.63. The Labute approximate surface area is 105 Å². The van der Waals surface area contributed by atoms with Gasteiger partial charge in [0, 0.05) is 24.2 Å². The molecule has 0 spiro atoms. The Bertz CT molecular complexity index is 417. The smallest absolute Gasteiger partial charge is 0.269 e. The molecule has 0 bridgehead atoms. The summed E-state index contributed by atoms with van der Waals surface area (Å²) in [5.41, 5.74) is 6.03. The first kappa shape index (κ1) is 14.1. The fourth-order valence-corrected chi connectivity index (χ4v) is 1.39. The van der Waals surface area contributed by atoms with Gasteiger partial charge in [-0.2, -0.15) is 0 Å². The van der Waals surface area contributed by atoms with Gasteiger partial charge in [0.1, 0.15) is 0 Å². The molecule has 0 aliphatic heterocycles. The number of anilines is 1. The van der Waals surface area contributed by atoms with Gasteiger partial charge in [-0.1, -0.05) is 6.92 Å². The van der Waals surface area contributed by atoms with Crippen molar-refractivity contribution in [2.75, 3.05) is 11.9 Å². The number of carbonyl (C=O) groups is 1. The van der Waals surface area contributed by atoms with Gasteiger partial charge < -0.3 is 11.1 Å². The van der Waals surface area contributed by atoms with Crippen molar-refractivity contribution in [3.05, 3.63) is 34.4 Å². The summed E-state index contributed by atoms with van der Waals surface area (Å²) >= 11 is 0. The minimum absolute atomic E-state index is 0.00440. The number of carbonyl (C=O) groups excluding carboxylic acids is 1. The summed E-state index contributed by atoms with van der Waals surface area (Å²) in [5.74, 6) is 0.205. The largest absolute Gasteiger partial charge is 0.330 e. The number of nitrogens with zero attached hydrogens (tertiary/aromatic N) is 1. The van der Waals surface area contributed by atoms with E-state index in [1.54, 1.807) is 0 Å². The summed E-state index contributed by atoms with van der Waals surface area (Å²) < 4.78 is 0. The molecule has 0 aromatic heterocycles. The number of nitro benzene ring substituents is 1. The lowest BCUT2D eigenvalue weighted by molar-refractivity contribution is -0.384. The lowest BCUT2D eigenvalue weighted by atomic mass is 10.1. The zero-order valence-corrected chi connectivity index (χ0v) is 10.3. The Balaban J connectivity index is 2.47. The first-order valence-corrected chi connectivity index (χ1v) is 5.77. The zero-order chi connectivity index (χ0) is 13.5. The van der Waals surface area contributed by atoms with Crippen molar-refractivity contribution < 1.29 is 9.72 Å². The summed E-state index contributed by atoms with van der Waals surface area (Å²) in [6.45, 7) is 2.55. The van der Waals surface area contributed by atoms with E-state index in [2.05, 4.69) is 5.32 Å². The number of hydrogen-bond acceptors (Lipinski definition) is 4. The van der Waals surface area contributed by atoms with Crippen LogP contribution < -0.4 is 11.1 Å². The van der Waals surface area contributed by atoms with Crippen LogP contribution in [0.4, 0.5) is 11.4 Å². The van der Waals surface area contributed by atoms with Crippen molar-refractivity contribution in [1.82, 2.24) is 0 Å². The van der Waals surface area contributed by atoms with Gasteiger partial charge in [-0.15, -0.1) is 0 Å². The molecule has 0 fully saturated rings. The monoisotopic (exact) mass is 251 g/mol. The maximum Gasteiger partial charge on any atom is 0.269 e. The minimum atomic E-state index is -0.478. The minimum Gasteiger partial charge on any atom is -0.330 e. The van der Waals surface area contributed by atoms with Crippen molar-refractivity contribution in [2.24, 2.45) is 11.7 Å². The highest BCUT2D eigenvalue weighted by Crippen LogP contribution is 2.16. The van der Waals surface area contributed by atoms with E-state index in [-0.39, 0.29) is 11.6 Å². The average Bonchev–Trinajstić information content (AvgIpc) is 2.36. The van der Waals surface area contributed by atoms with Gasteiger partial charge in [0.2, 0.25) is 5.91 Å². The lowest BCUT2D eigenvalue weighted by Gasteiger charge is -2.08. The van der Waals surface area contributed by atoms with Crippen LogP contribution in [-0.4, -0.2) is 17.4 Å². The van der Waals surface area contributed by atoms with Gasteiger partial charge in [-0.3, -0.25) is 14.9 Å². The average molecular weight is 251 g/mol. The molecule has 0 saturated carbocycles. The van der Waals surface area contributed by atoms with E-state index in [0.29, 0.717) is 24.6 Å². The van der Waals surface area contributed by atoms with Gasteiger partial charge in [-0.05, 0) is 31.0 Å². The molecule has 6 heteroatoms. The molecule has 0 radical (unpaired) electrons. The number of nitrogens with one attached hydrogen (secondary N) is 1. The van der Waals surface area contributed by atoms with Crippen molar-refractivity contribution in [1.29, 1.82) is 0 Å². The Hall–Kier alpha value is -1.95. The van der Waals surface area contributed by atoms with E-state index in [4.69, 9.17) is 5.73 Å². The molecule has 98 valence electrons. The third-order valence-electron chi connectivity index (χ3n) is 2.63. The second kappa shape index (κ2) is 6.70. The first-order valence-electron chi connectivity index (χ1n) is 5.77. The number of rotatable bonds is 6. The Morgan fingerprint density at radius 3 is 2.56 bits per heavy atom. The predicted octanol–water partition coefficient (Wildman–Crippen LogP) is 1.91. The fraction of sp³-hybridized carbons (Fsp3) is 0.417. The normalized spacial score (nSPS) is 11.9. The second-order valence-corrected chi connectivity index (χ2v) is 4.23. The summed E-state index contributed by atoms with van der Waals surface area (Å²) in [5, 5.41) is 13.1. The number of benzene rings is 1. The molecule has 0 saturated heterocycles. The highest BCUT2D eigenvalue weighted by Gasteiger charge is 2.07. The van der Waals surface area contributed by atoms with Crippen LogP contribution in [0.3, 0.4) is 0 Å². The molecule has 1 atom stereocenters. The maximum absolute atomic E-state index is 11.6. The quantitative estimate of drug-likeness (QED) is 0.596. The Morgan fingerprint density at radius 1 is 1.44 bits per heavy atom. The number of nitrogens with two attached hydrogens (primary N) is 1. The molecule has 6 nitrogen and oxygen atoms in total. The molecule has 0 aliphatic carbocycles. The fourth-order valence-electron chi connectivity index (χ4n) is 1.39. The molecule has 1 aromatic rings. The lowest BCUT2D eigenvalue weighted by Crippen LogP contribution is -2.16. The SMILES string of the molecule is CC(CN)CCC(=O)Nc1ccc([N+](=O)[O-])cc1. The Kier molecular flexibility index (Phi) is 5.26. The van der Waals surface area contributed by atoms with Gasteiger partial charge in [0.15, 0.2) is 0 Å². The molecule has 1 rings (SSSR count). The molecule has 1 unspecified atom stereocenters. The third kappa shape index (κ3) is 4.50. The molecule has 18 heavy (non-hydrogen) atoms. The van der Waals surface area contributed by atoms with Crippen LogP contribution in [0.5, 0.6) is 0 Å². The van der Waals surface area contributed by atoms with Crippen LogP contribution in [0.15, 0.2) is 24.3 Å². The number of non-ortho nitro benzene ring substituents is 1. The Morgan fingerprint density at radius 2 is 2.06 bits per heavy atom. The van der Waals surface area contributed by atoms with E-state index in [1.807, 2.05) is 6.92 Å². The first-order chi connectivity index (χ1) is 8.52. The number of hydrogen-bond donors (Lipinski definition) is 2. The summed E-state index contributed by atoms with van der Waals surface area (Å²) in [6, 6.07) is 5.75. The van der Waals surface area contributed by atoms with Gasteiger partial charge in [0.05, 0.1) is 4.92 Å². The van der Waals surface area contributed by atoms with Crippen LogP contribution in [0.2, 0.25) is 0 Å². The van der Waals surface area contributed by atoms with E-state index in [1.165, 1.54) is 24.3 Å². The van der Waals surface area contributed by atoms with Crippen molar-refractivity contribution in [3.8, 4) is 0 Å². The van der Waals surface area contributed by atoms with Gasteiger partial charge in [0.25, 0.3) is 5.69 Å². The van der Waals surface area contributed by atoms with Crippen LogP contribution >= 0.6 is 0 Å². The summed E-state index contributed by atoms with van der Waals surface area (Å²) in [6.07, 6.45) is 1.13. The molecule has 3 N–H and O–H groups in total. The molecule has 0 aliphatic rings. The predicted molar refractivity (Wildman–Crippen MR) is 69.2 cm³/mol. The van der Waals surface area contributed by atoms with Crippen molar-refractivity contribution in [3.63, 3.8) is 0 Å². The number of amides is 1. The summed E-state index contributed by atoms with van der Waals surface area (Å²) in [7, 11) is 0. The molecule has 1 aromatic carbocycles. The number of nitro groups is 1. The summed E-state index contributed by atoms with van der Waals surface area (Å²) in [4.78, 5) is 21.5. The maximum atomic E-state index is 11.6. The highest BCUT2D eigenvalue weighted by atomic mass is 16.6. The molecular formula is C12H17N3O3. The van der Waals surface area contributed by atoms with Gasteiger partial charge >= 0.3 is 0 Å². The van der Waals surface area contributed by atoms with E-state index in [0.717, 1.165) is 6.42 Å². The highest BCUT2D eigenvalue weighted by molar-refractivity contribution is 5.90. The van der Waals surface area contributed by atoms with Crippen LogP contribution in [-0.2, 0) is 4.79 Å². The van der Waals surface area contributed by atoms with Crippen molar-refractivity contribution in [2.45, 2.75) is 19.8 Å². The standard InChI is InChI=1S/C12H17N3O3/c1-9(8-13)2-7-12(16)14-10-3-5-11(6-4-10)15(17)18/h3-6,9H,2,7-8,13H2,1H3,(H,14,16). The topological polar surface area (TPSA) is 98.3 Å².